The fraction of sp³-hybridized carbons (Fsp3) is 0.720. The lowest BCUT2D eigenvalue weighted by atomic mass is 9.84. The van der Waals surface area contributed by atoms with Crippen LogP contribution in [0.5, 0.6) is 0 Å². The molecular weight excluding hydrogens is 414 g/mol. The Balaban J connectivity index is 1.37. The highest BCUT2D eigenvalue weighted by molar-refractivity contribution is 5.95. The van der Waals surface area contributed by atoms with Crippen LogP contribution < -0.4 is 32.0 Å². The first-order valence-electron chi connectivity index (χ1n) is 12.6. The third kappa shape index (κ3) is 6.05. The van der Waals surface area contributed by atoms with Gasteiger partial charge in [0, 0.05) is 30.5 Å². The molecule has 3 aliphatic heterocycles. The summed E-state index contributed by atoms with van der Waals surface area (Å²) in [6, 6.07) is 6.72. The van der Waals surface area contributed by atoms with Gasteiger partial charge in [-0.15, -0.1) is 0 Å². The lowest BCUT2D eigenvalue weighted by molar-refractivity contribution is -0.120. The third-order valence-electron chi connectivity index (χ3n) is 7.53. The van der Waals surface area contributed by atoms with Gasteiger partial charge in [-0.1, -0.05) is 26.8 Å². The van der Waals surface area contributed by atoms with Crippen molar-refractivity contribution in [3.8, 4) is 0 Å². The quantitative estimate of drug-likeness (QED) is 0.404. The molecule has 1 aromatic carbocycles. The van der Waals surface area contributed by atoms with Crippen LogP contribution in [-0.4, -0.2) is 62.0 Å². The summed E-state index contributed by atoms with van der Waals surface area (Å²) in [5.74, 6) is 0.719. The van der Waals surface area contributed by atoms with Crippen LogP contribution >= 0.6 is 0 Å². The van der Waals surface area contributed by atoms with Gasteiger partial charge in [-0.25, -0.2) is 5.01 Å². The number of piperidine rings is 1. The second kappa shape index (κ2) is 10.3. The number of hydrazine groups is 1. The number of nitrogens with zero attached hydrogens (tertiary/aromatic N) is 1. The molecule has 0 aromatic heterocycles. The molecule has 0 spiro atoms. The molecule has 3 fully saturated rings. The summed E-state index contributed by atoms with van der Waals surface area (Å²) in [7, 11) is 1.96. The van der Waals surface area contributed by atoms with Crippen molar-refractivity contribution < 1.29 is 4.79 Å². The number of carbonyl (C=O) groups excluding carboxylic acids is 1. The molecule has 1 aromatic rings. The molecule has 1 amide bonds. The van der Waals surface area contributed by atoms with Gasteiger partial charge in [-0.05, 0) is 81.3 Å². The Hall–Kier alpha value is -1.71. The minimum Gasteiger partial charge on any atom is -0.357 e. The van der Waals surface area contributed by atoms with Crippen LogP contribution in [0.2, 0.25) is 0 Å². The van der Waals surface area contributed by atoms with Crippen LogP contribution in [0.1, 0.15) is 52.0 Å². The topological polar surface area (TPSA) is 92.5 Å². The molecule has 3 saturated heterocycles. The minimum atomic E-state index is -0.182. The summed E-state index contributed by atoms with van der Waals surface area (Å²) in [6.45, 7) is 12.0. The van der Waals surface area contributed by atoms with Gasteiger partial charge in [-0.3, -0.25) is 20.9 Å². The highest BCUT2D eigenvalue weighted by Gasteiger charge is 2.39. The molecule has 5 unspecified atom stereocenters. The summed E-state index contributed by atoms with van der Waals surface area (Å²) in [4.78, 5) is 13.1. The van der Waals surface area contributed by atoms with Crippen molar-refractivity contribution in [3.05, 3.63) is 23.8 Å². The molecule has 8 heteroatoms. The molecule has 3 heterocycles. The summed E-state index contributed by atoms with van der Waals surface area (Å²) in [5, 5.41) is 19.6. The van der Waals surface area contributed by atoms with Crippen LogP contribution in [0.3, 0.4) is 0 Å². The lowest BCUT2D eigenvalue weighted by Crippen LogP contribution is -2.60. The van der Waals surface area contributed by atoms with E-state index >= 15 is 0 Å². The number of hydrogen-bond donors (Lipinski definition) is 6. The van der Waals surface area contributed by atoms with E-state index in [-0.39, 0.29) is 29.7 Å². The molecule has 184 valence electrons. The van der Waals surface area contributed by atoms with E-state index in [2.05, 4.69) is 65.8 Å². The van der Waals surface area contributed by atoms with Crippen molar-refractivity contribution in [1.29, 1.82) is 0 Å². The fourth-order valence-electron chi connectivity index (χ4n) is 5.26. The summed E-state index contributed by atoms with van der Waals surface area (Å²) in [6.07, 6.45) is 4.53. The Bertz CT molecular complexity index is 817. The first kappa shape index (κ1) is 24.4. The van der Waals surface area contributed by atoms with E-state index in [4.69, 9.17) is 0 Å². The van der Waals surface area contributed by atoms with Crippen LogP contribution in [0.4, 0.5) is 11.4 Å². The molecule has 0 bridgehead atoms. The maximum Gasteiger partial charge on any atom is 0.243 e. The van der Waals surface area contributed by atoms with Gasteiger partial charge in [0.25, 0.3) is 0 Å². The second-order valence-corrected chi connectivity index (χ2v) is 11.1. The van der Waals surface area contributed by atoms with E-state index in [9.17, 15) is 4.79 Å². The number of amides is 1. The zero-order valence-corrected chi connectivity index (χ0v) is 20.9. The van der Waals surface area contributed by atoms with Gasteiger partial charge in [0.15, 0.2) is 0 Å². The molecule has 33 heavy (non-hydrogen) atoms. The Morgan fingerprint density at radius 2 is 2.00 bits per heavy atom. The van der Waals surface area contributed by atoms with E-state index in [1.165, 1.54) is 12.8 Å². The molecule has 0 saturated carbocycles. The Kier molecular flexibility index (Phi) is 7.60. The lowest BCUT2D eigenvalue weighted by Gasteiger charge is -2.39. The molecule has 6 N–H and O–H groups in total. The number of nitrogens with one attached hydrogen (secondary N) is 6. The Labute approximate surface area is 199 Å². The third-order valence-corrected chi connectivity index (χ3v) is 7.53. The largest absolute Gasteiger partial charge is 0.357 e. The summed E-state index contributed by atoms with van der Waals surface area (Å²) in [5.41, 5.74) is 6.58. The zero-order chi connectivity index (χ0) is 23.6. The van der Waals surface area contributed by atoms with Crippen molar-refractivity contribution >= 4 is 17.3 Å². The molecule has 8 nitrogen and oxygen atoms in total. The number of hydrogen-bond acceptors (Lipinski definition) is 7. The molecular formula is C25H43N7O. The van der Waals surface area contributed by atoms with Crippen molar-refractivity contribution in [3.63, 3.8) is 0 Å². The predicted molar refractivity (Wildman–Crippen MR) is 135 cm³/mol. The first-order valence-corrected chi connectivity index (χ1v) is 12.6. The maximum absolute atomic E-state index is 13.1. The van der Waals surface area contributed by atoms with Crippen molar-refractivity contribution in [2.75, 3.05) is 37.3 Å². The van der Waals surface area contributed by atoms with Crippen LogP contribution in [0.15, 0.2) is 18.2 Å². The van der Waals surface area contributed by atoms with Gasteiger partial charge in [0.1, 0.15) is 12.3 Å². The average molecular weight is 458 g/mol. The highest BCUT2D eigenvalue weighted by Crippen LogP contribution is 2.29. The highest BCUT2D eigenvalue weighted by atomic mass is 16.2. The van der Waals surface area contributed by atoms with Crippen LogP contribution in [0.25, 0.3) is 0 Å². The monoisotopic (exact) mass is 457 g/mol. The van der Waals surface area contributed by atoms with Crippen molar-refractivity contribution in [2.24, 2.45) is 11.3 Å². The van der Waals surface area contributed by atoms with Crippen LogP contribution in [-0.2, 0) is 4.79 Å². The molecule has 3 aliphatic rings. The number of benzene rings is 1. The summed E-state index contributed by atoms with van der Waals surface area (Å²) < 4.78 is 0. The standard InChI is InChI=1S/C25H43N7O/c1-16-8-9-18(28-23(33)21-14-22(25(2,3)4)31-32(21)5)13-20(16)30-24-27-12-10-19(29-24)17-7-6-11-26-15-17/h8-9,13,17,19,21-22,24,26-27,29-31H,6-7,10-12,14-15H2,1-5H3,(H,28,33). The molecule has 0 aliphatic carbocycles. The van der Waals surface area contributed by atoms with E-state index in [1.54, 1.807) is 0 Å². The molecule has 0 radical (unpaired) electrons. The second-order valence-electron chi connectivity index (χ2n) is 11.1. The van der Waals surface area contributed by atoms with Gasteiger partial charge in [0.05, 0.1) is 0 Å². The maximum atomic E-state index is 13.1. The minimum absolute atomic E-state index is 0.0213. The summed E-state index contributed by atoms with van der Waals surface area (Å²) >= 11 is 0. The van der Waals surface area contributed by atoms with Crippen LogP contribution in [0, 0.1) is 18.3 Å². The van der Waals surface area contributed by atoms with E-state index in [1.807, 2.05) is 24.2 Å². The van der Waals surface area contributed by atoms with E-state index < -0.39 is 0 Å². The number of rotatable bonds is 5. The molecule has 4 rings (SSSR count). The number of likely N-dealkylation sites (N-methyl/N-ethyl adjacent to an activating group) is 1. The van der Waals surface area contributed by atoms with Gasteiger partial charge in [-0.2, -0.15) is 0 Å². The van der Waals surface area contributed by atoms with Gasteiger partial charge < -0.3 is 16.0 Å². The van der Waals surface area contributed by atoms with Gasteiger partial charge >= 0.3 is 0 Å². The SMILES string of the molecule is Cc1ccc(NC(=O)C2CC(C(C)(C)C)NN2C)cc1NC1NCCC(C2CCCNC2)N1. The van der Waals surface area contributed by atoms with E-state index in [0.717, 1.165) is 49.4 Å². The van der Waals surface area contributed by atoms with Gasteiger partial charge in [0.2, 0.25) is 5.91 Å². The first-order chi connectivity index (χ1) is 15.7. The average Bonchev–Trinajstić information content (AvgIpc) is 3.19. The normalized spacial score (nSPS) is 31.4. The predicted octanol–water partition coefficient (Wildman–Crippen LogP) is 2.20. The Morgan fingerprint density at radius 1 is 1.18 bits per heavy atom. The number of carbonyl (C=O) groups is 1. The van der Waals surface area contributed by atoms with Crippen molar-refractivity contribution in [2.45, 2.75) is 77.8 Å². The van der Waals surface area contributed by atoms with Crippen molar-refractivity contribution in [1.82, 2.24) is 26.4 Å². The Morgan fingerprint density at radius 3 is 2.70 bits per heavy atom. The van der Waals surface area contributed by atoms with E-state index in [0.29, 0.717) is 12.0 Å². The smallest absolute Gasteiger partial charge is 0.243 e. The zero-order valence-electron chi connectivity index (χ0n) is 20.9. The number of anilines is 2. The molecule has 5 atom stereocenters. The fourth-order valence-corrected chi connectivity index (χ4v) is 5.26. The number of aryl methyl sites for hydroxylation is 1.